The highest BCUT2D eigenvalue weighted by Crippen LogP contribution is 2.41. The van der Waals surface area contributed by atoms with E-state index in [4.69, 9.17) is 4.99 Å². The van der Waals surface area contributed by atoms with E-state index in [-0.39, 0.29) is 18.5 Å². The second kappa shape index (κ2) is 10.5. The molecular formula is C39H31N5S. The molecule has 0 saturated heterocycles. The van der Waals surface area contributed by atoms with Gasteiger partial charge in [-0.25, -0.2) is 4.99 Å². The van der Waals surface area contributed by atoms with E-state index >= 15 is 0 Å². The van der Waals surface area contributed by atoms with Crippen molar-refractivity contribution in [3.8, 4) is 0 Å². The number of nitrogens with zero attached hydrogens (tertiary/aromatic N) is 3. The molecule has 4 heterocycles. The highest BCUT2D eigenvalue weighted by atomic mass is 32.1. The highest BCUT2D eigenvalue weighted by Gasteiger charge is 2.29. The van der Waals surface area contributed by atoms with Gasteiger partial charge < -0.3 is 14.8 Å². The van der Waals surface area contributed by atoms with E-state index in [9.17, 15) is 0 Å². The number of fused-ring (bicyclic) bond motifs is 6. The molecule has 2 N–H and O–H groups in total. The summed E-state index contributed by atoms with van der Waals surface area (Å²) in [6, 6.07) is 43.2. The Balaban J connectivity index is 1.13. The van der Waals surface area contributed by atoms with Gasteiger partial charge in [0.1, 0.15) is 24.3 Å². The van der Waals surface area contributed by atoms with Crippen molar-refractivity contribution in [2.45, 2.75) is 18.5 Å². The first kappa shape index (κ1) is 26.3. The molecule has 2 aromatic heterocycles. The Morgan fingerprint density at radius 3 is 2.24 bits per heavy atom. The SMILES string of the molecule is CN1C=C(C2N=C(c3ccccc3)NC(c3ccccc3)N2)C=CC1n1c2ccccc2c2cc3c(cc21)sc1ccccc13. The molecule has 0 radical (unpaired) electrons. The van der Waals surface area contributed by atoms with Crippen molar-refractivity contribution in [3.63, 3.8) is 0 Å². The summed E-state index contributed by atoms with van der Waals surface area (Å²) in [6.07, 6.45) is 6.56. The molecule has 3 atom stereocenters. The van der Waals surface area contributed by atoms with Gasteiger partial charge in [0.05, 0.1) is 11.0 Å². The monoisotopic (exact) mass is 601 g/mol. The van der Waals surface area contributed by atoms with Crippen LogP contribution in [-0.2, 0) is 0 Å². The molecule has 0 bridgehead atoms. The van der Waals surface area contributed by atoms with Crippen LogP contribution in [0.1, 0.15) is 23.5 Å². The van der Waals surface area contributed by atoms with Crippen LogP contribution in [0.25, 0.3) is 42.0 Å². The molecule has 6 heteroatoms. The van der Waals surface area contributed by atoms with Crippen LogP contribution in [0.5, 0.6) is 0 Å². The summed E-state index contributed by atoms with van der Waals surface area (Å²) in [6.45, 7) is 0. The molecule has 5 nitrogen and oxygen atoms in total. The Hall–Kier alpha value is -5.17. The number of aromatic nitrogens is 1. The van der Waals surface area contributed by atoms with Gasteiger partial charge in [0.25, 0.3) is 0 Å². The maximum atomic E-state index is 5.17. The van der Waals surface area contributed by atoms with Crippen molar-refractivity contribution in [2.24, 2.45) is 4.99 Å². The minimum Gasteiger partial charge on any atom is -0.357 e. The summed E-state index contributed by atoms with van der Waals surface area (Å²) in [7, 11) is 2.17. The van der Waals surface area contributed by atoms with Crippen molar-refractivity contribution in [2.75, 3.05) is 7.05 Å². The van der Waals surface area contributed by atoms with Crippen molar-refractivity contribution < 1.29 is 0 Å². The van der Waals surface area contributed by atoms with Crippen LogP contribution in [0.3, 0.4) is 0 Å². The number of benzene rings is 5. The van der Waals surface area contributed by atoms with Crippen LogP contribution < -0.4 is 10.6 Å². The van der Waals surface area contributed by atoms with Crippen LogP contribution in [0.4, 0.5) is 0 Å². The number of thiophene rings is 1. The third-order valence-electron chi connectivity index (χ3n) is 9.06. The van der Waals surface area contributed by atoms with Gasteiger partial charge in [-0.2, -0.15) is 0 Å². The number of hydrogen-bond acceptors (Lipinski definition) is 5. The van der Waals surface area contributed by atoms with Gasteiger partial charge in [-0.1, -0.05) is 103 Å². The second-order valence-corrected chi connectivity index (χ2v) is 12.9. The molecule has 0 spiro atoms. The lowest BCUT2D eigenvalue weighted by atomic mass is 10.1. The molecule has 0 aliphatic carbocycles. The number of amidine groups is 1. The van der Waals surface area contributed by atoms with Gasteiger partial charge in [-0.15, -0.1) is 11.3 Å². The van der Waals surface area contributed by atoms with E-state index in [0.717, 1.165) is 17.0 Å². The Bertz CT molecular complexity index is 2310. The summed E-state index contributed by atoms with van der Waals surface area (Å²) in [5.74, 6) is 0.891. The van der Waals surface area contributed by atoms with Gasteiger partial charge in [-0.05, 0) is 35.9 Å². The first-order chi connectivity index (χ1) is 22.2. The normalized spacial score (nSPS) is 20.1. The van der Waals surface area contributed by atoms with Gasteiger partial charge in [0.15, 0.2) is 0 Å². The molecule has 5 aromatic carbocycles. The topological polar surface area (TPSA) is 44.6 Å². The minimum absolute atomic E-state index is 0.0205. The van der Waals surface area contributed by atoms with Gasteiger partial charge in [0, 0.05) is 55.3 Å². The Morgan fingerprint density at radius 2 is 1.42 bits per heavy atom. The molecule has 0 saturated carbocycles. The lowest BCUT2D eigenvalue weighted by Crippen LogP contribution is -2.49. The van der Waals surface area contributed by atoms with Crippen LogP contribution in [0.2, 0.25) is 0 Å². The zero-order chi connectivity index (χ0) is 29.9. The Morgan fingerprint density at radius 1 is 0.689 bits per heavy atom. The molecule has 45 heavy (non-hydrogen) atoms. The molecule has 218 valence electrons. The standard InChI is InChI=1S/C39H31N5S/c1-43-24-27(39-41-37(25-12-4-2-5-13-25)40-38(42-39)26-14-6-3-7-15-26)20-21-36(43)44-32-18-10-8-16-28(32)30-22-31-29-17-9-11-19-34(29)45-35(31)23-33(30)44/h2-24,36-37,39,41H,1H3,(H,40,42). The molecule has 0 amide bonds. The van der Waals surface area contributed by atoms with E-state index in [2.05, 4.69) is 161 Å². The van der Waals surface area contributed by atoms with Gasteiger partial charge in [0.2, 0.25) is 0 Å². The number of likely N-dealkylation sites (N-methyl/N-ethyl adjacent to an activating group) is 1. The smallest absolute Gasteiger partial charge is 0.131 e. The van der Waals surface area contributed by atoms with Gasteiger partial charge >= 0.3 is 0 Å². The fourth-order valence-electron chi connectivity index (χ4n) is 6.91. The maximum Gasteiger partial charge on any atom is 0.131 e. The molecular weight excluding hydrogens is 571 g/mol. The van der Waals surface area contributed by atoms with E-state index in [0.29, 0.717) is 0 Å². The fraction of sp³-hybridized carbons (Fsp3) is 0.103. The average molecular weight is 602 g/mol. The highest BCUT2D eigenvalue weighted by molar-refractivity contribution is 7.25. The summed E-state index contributed by atoms with van der Waals surface area (Å²) < 4.78 is 5.14. The third-order valence-corrected chi connectivity index (χ3v) is 10.2. The summed E-state index contributed by atoms with van der Waals surface area (Å²) in [5, 5.41) is 12.6. The quantitative estimate of drug-likeness (QED) is 0.212. The molecule has 7 aromatic rings. The zero-order valence-electron chi connectivity index (χ0n) is 24.8. The Labute approximate surface area is 265 Å². The average Bonchev–Trinajstić information content (AvgIpc) is 3.62. The number of para-hydroxylation sites is 1. The van der Waals surface area contributed by atoms with Crippen LogP contribution >= 0.6 is 11.3 Å². The third kappa shape index (κ3) is 4.37. The summed E-state index contributed by atoms with van der Waals surface area (Å²) in [4.78, 5) is 7.49. The summed E-state index contributed by atoms with van der Waals surface area (Å²) in [5.41, 5.74) is 5.87. The van der Waals surface area contributed by atoms with Crippen molar-refractivity contribution in [1.29, 1.82) is 0 Å². The van der Waals surface area contributed by atoms with Crippen molar-refractivity contribution in [3.05, 3.63) is 156 Å². The molecule has 2 aliphatic heterocycles. The Kier molecular flexibility index (Phi) is 6.11. The lowest BCUT2D eigenvalue weighted by molar-refractivity contribution is 0.305. The maximum absolute atomic E-state index is 5.17. The molecule has 0 fully saturated rings. The first-order valence-electron chi connectivity index (χ1n) is 15.4. The van der Waals surface area contributed by atoms with E-state index in [1.165, 1.54) is 47.5 Å². The summed E-state index contributed by atoms with van der Waals surface area (Å²) >= 11 is 1.87. The largest absolute Gasteiger partial charge is 0.357 e. The van der Waals surface area contributed by atoms with Crippen LogP contribution in [0, 0.1) is 0 Å². The van der Waals surface area contributed by atoms with Crippen molar-refractivity contribution in [1.82, 2.24) is 20.1 Å². The predicted octanol–water partition coefficient (Wildman–Crippen LogP) is 8.71. The minimum atomic E-state index is -0.206. The number of aliphatic imine (C=N–C) groups is 1. The van der Waals surface area contributed by atoms with Crippen LogP contribution in [-0.4, -0.2) is 28.5 Å². The lowest BCUT2D eigenvalue weighted by Gasteiger charge is -2.36. The second-order valence-electron chi connectivity index (χ2n) is 11.8. The number of rotatable bonds is 4. The number of hydrogen-bond donors (Lipinski definition) is 2. The molecule has 9 rings (SSSR count). The number of nitrogens with one attached hydrogen (secondary N) is 2. The van der Waals surface area contributed by atoms with Crippen molar-refractivity contribution >= 4 is 59.2 Å². The zero-order valence-corrected chi connectivity index (χ0v) is 25.6. The predicted molar refractivity (Wildman–Crippen MR) is 189 cm³/mol. The molecule has 3 unspecified atom stereocenters. The van der Waals surface area contributed by atoms with E-state index < -0.39 is 0 Å². The van der Waals surface area contributed by atoms with E-state index in [1.807, 2.05) is 17.4 Å². The molecule has 2 aliphatic rings. The first-order valence-corrected chi connectivity index (χ1v) is 16.2. The fourth-order valence-corrected chi connectivity index (χ4v) is 8.03. The van der Waals surface area contributed by atoms with E-state index in [1.54, 1.807) is 0 Å². The van der Waals surface area contributed by atoms with Gasteiger partial charge in [-0.3, -0.25) is 5.32 Å². The van der Waals surface area contributed by atoms with Crippen LogP contribution in [0.15, 0.2) is 150 Å².